The van der Waals surface area contributed by atoms with Gasteiger partial charge in [-0.25, -0.2) is 4.79 Å². The SMILES string of the molecule is Cc1noc(NC(=O)c2ccc(C(=O)O)s2)c1C. The second-order valence-electron chi connectivity index (χ2n) is 3.65. The second-order valence-corrected chi connectivity index (χ2v) is 4.73. The minimum absolute atomic E-state index is 0.116. The van der Waals surface area contributed by atoms with Gasteiger partial charge in [-0.3, -0.25) is 10.1 Å². The Morgan fingerprint density at radius 2 is 2.00 bits per heavy atom. The molecule has 0 aliphatic carbocycles. The van der Waals surface area contributed by atoms with E-state index in [0.29, 0.717) is 10.6 Å². The number of aromatic nitrogens is 1. The summed E-state index contributed by atoms with van der Waals surface area (Å²) in [6.45, 7) is 3.54. The fraction of sp³-hybridized carbons (Fsp3) is 0.182. The van der Waals surface area contributed by atoms with Crippen molar-refractivity contribution in [3.63, 3.8) is 0 Å². The average Bonchev–Trinajstić information content (AvgIpc) is 2.91. The Morgan fingerprint density at radius 1 is 1.33 bits per heavy atom. The van der Waals surface area contributed by atoms with Crippen LogP contribution < -0.4 is 5.32 Å². The van der Waals surface area contributed by atoms with Gasteiger partial charge in [0.2, 0.25) is 5.88 Å². The molecule has 0 unspecified atom stereocenters. The third-order valence-electron chi connectivity index (χ3n) is 2.42. The van der Waals surface area contributed by atoms with Crippen molar-refractivity contribution in [2.24, 2.45) is 0 Å². The number of hydrogen-bond donors (Lipinski definition) is 2. The lowest BCUT2D eigenvalue weighted by Gasteiger charge is -1.99. The molecule has 1 amide bonds. The summed E-state index contributed by atoms with van der Waals surface area (Å²) in [7, 11) is 0. The molecule has 0 fully saturated rings. The van der Waals surface area contributed by atoms with Gasteiger partial charge in [0.1, 0.15) is 4.88 Å². The van der Waals surface area contributed by atoms with Crippen molar-refractivity contribution < 1.29 is 19.2 Å². The fourth-order valence-electron chi connectivity index (χ4n) is 1.27. The van der Waals surface area contributed by atoms with Gasteiger partial charge >= 0.3 is 5.97 Å². The van der Waals surface area contributed by atoms with Crippen LogP contribution in [-0.4, -0.2) is 22.1 Å². The lowest BCUT2D eigenvalue weighted by atomic mass is 10.3. The van der Waals surface area contributed by atoms with Crippen LogP contribution >= 0.6 is 11.3 Å². The number of aryl methyl sites for hydroxylation is 1. The molecule has 2 rings (SSSR count). The summed E-state index contributed by atoms with van der Waals surface area (Å²) in [4.78, 5) is 23.0. The van der Waals surface area contributed by atoms with Crippen molar-refractivity contribution in [1.29, 1.82) is 0 Å². The third kappa shape index (κ3) is 2.25. The number of thiophene rings is 1. The lowest BCUT2D eigenvalue weighted by molar-refractivity contribution is 0.0702. The van der Waals surface area contributed by atoms with E-state index in [2.05, 4.69) is 10.5 Å². The highest BCUT2D eigenvalue weighted by Gasteiger charge is 2.16. The van der Waals surface area contributed by atoms with Crippen LogP contribution in [0.2, 0.25) is 0 Å². The van der Waals surface area contributed by atoms with E-state index in [1.165, 1.54) is 12.1 Å². The maximum atomic E-state index is 11.8. The molecule has 2 heterocycles. The molecule has 0 saturated heterocycles. The molecule has 0 bridgehead atoms. The van der Waals surface area contributed by atoms with Crippen molar-refractivity contribution >= 4 is 29.1 Å². The first-order valence-corrected chi connectivity index (χ1v) is 5.88. The van der Waals surface area contributed by atoms with Gasteiger partial charge in [0.05, 0.1) is 10.6 Å². The molecule has 2 aromatic heterocycles. The fourth-order valence-corrected chi connectivity index (χ4v) is 2.01. The Kier molecular flexibility index (Phi) is 3.15. The van der Waals surface area contributed by atoms with Crippen molar-refractivity contribution in [3.8, 4) is 0 Å². The molecule has 2 aromatic rings. The number of hydrogen-bond acceptors (Lipinski definition) is 5. The summed E-state index contributed by atoms with van der Waals surface area (Å²) in [5.41, 5.74) is 1.45. The molecule has 0 radical (unpaired) electrons. The summed E-state index contributed by atoms with van der Waals surface area (Å²) in [6, 6.07) is 2.85. The van der Waals surface area contributed by atoms with Crippen molar-refractivity contribution in [1.82, 2.24) is 5.16 Å². The number of amides is 1. The highest BCUT2D eigenvalue weighted by Crippen LogP contribution is 2.21. The molecule has 0 spiro atoms. The molecular weight excluding hydrogens is 256 g/mol. The van der Waals surface area contributed by atoms with E-state index in [1.54, 1.807) is 13.8 Å². The highest BCUT2D eigenvalue weighted by molar-refractivity contribution is 7.15. The Bertz CT molecular complexity index is 614. The number of carbonyl (C=O) groups is 2. The lowest BCUT2D eigenvalue weighted by Crippen LogP contribution is -2.10. The Morgan fingerprint density at radius 3 is 2.50 bits per heavy atom. The maximum absolute atomic E-state index is 11.8. The molecule has 0 atom stereocenters. The van der Waals surface area contributed by atoms with Crippen LogP contribution in [0.4, 0.5) is 5.88 Å². The number of nitrogens with one attached hydrogen (secondary N) is 1. The minimum Gasteiger partial charge on any atom is -0.477 e. The van der Waals surface area contributed by atoms with Gasteiger partial charge in [-0.15, -0.1) is 11.3 Å². The third-order valence-corrected chi connectivity index (χ3v) is 3.50. The van der Waals surface area contributed by atoms with Gasteiger partial charge in [0.15, 0.2) is 0 Å². The summed E-state index contributed by atoms with van der Waals surface area (Å²) in [5.74, 6) is -1.18. The average molecular weight is 266 g/mol. The Balaban J connectivity index is 2.17. The summed E-state index contributed by atoms with van der Waals surface area (Å²) in [5, 5.41) is 15.0. The normalized spacial score (nSPS) is 10.3. The Hall–Kier alpha value is -2.15. The zero-order valence-electron chi connectivity index (χ0n) is 9.68. The second kappa shape index (κ2) is 4.61. The van der Waals surface area contributed by atoms with Crippen LogP contribution in [0.1, 0.15) is 30.6 Å². The predicted octanol–water partition coefficient (Wildman–Crippen LogP) is 2.30. The molecule has 0 aliphatic rings. The van der Waals surface area contributed by atoms with Crippen molar-refractivity contribution in [3.05, 3.63) is 33.1 Å². The smallest absolute Gasteiger partial charge is 0.345 e. The first-order chi connectivity index (χ1) is 8.49. The van der Waals surface area contributed by atoms with Crippen LogP contribution in [0.15, 0.2) is 16.7 Å². The first-order valence-electron chi connectivity index (χ1n) is 5.06. The zero-order chi connectivity index (χ0) is 13.3. The molecule has 6 nitrogen and oxygen atoms in total. The summed E-state index contributed by atoms with van der Waals surface area (Å²) in [6.07, 6.45) is 0. The van der Waals surface area contributed by atoms with Crippen LogP contribution in [0, 0.1) is 13.8 Å². The van der Waals surface area contributed by atoms with Crippen LogP contribution in [-0.2, 0) is 0 Å². The van der Waals surface area contributed by atoms with Gasteiger partial charge in [0.25, 0.3) is 5.91 Å². The quantitative estimate of drug-likeness (QED) is 0.889. The molecular formula is C11H10N2O4S. The van der Waals surface area contributed by atoms with Crippen molar-refractivity contribution in [2.45, 2.75) is 13.8 Å². The maximum Gasteiger partial charge on any atom is 0.345 e. The number of nitrogens with zero attached hydrogens (tertiary/aromatic N) is 1. The number of carboxylic acid groups (broad SMARTS) is 1. The van der Waals surface area contributed by atoms with Crippen LogP contribution in [0.5, 0.6) is 0 Å². The van der Waals surface area contributed by atoms with Crippen LogP contribution in [0.3, 0.4) is 0 Å². The predicted molar refractivity (Wildman–Crippen MR) is 65.2 cm³/mol. The van der Waals surface area contributed by atoms with Gasteiger partial charge in [-0.05, 0) is 26.0 Å². The zero-order valence-corrected chi connectivity index (χ0v) is 10.5. The monoisotopic (exact) mass is 266 g/mol. The molecule has 2 N–H and O–H groups in total. The van der Waals surface area contributed by atoms with Gasteiger partial charge in [0, 0.05) is 5.56 Å². The van der Waals surface area contributed by atoms with Crippen molar-refractivity contribution in [2.75, 3.05) is 5.32 Å². The van der Waals surface area contributed by atoms with Gasteiger partial charge in [-0.1, -0.05) is 5.16 Å². The van der Waals surface area contributed by atoms with E-state index in [0.717, 1.165) is 16.9 Å². The van der Waals surface area contributed by atoms with Gasteiger partial charge in [-0.2, -0.15) is 0 Å². The molecule has 0 aromatic carbocycles. The van der Waals surface area contributed by atoms with E-state index in [1.807, 2.05) is 0 Å². The largest absolute Gasteiger partial charge is 0.477 e. The number of rotatable bonds is 3. The number of aromatic carboxylic acids is 1. The molecule has 0 saturated carbocycles. The topological polar surface area (TPSA) is 92.4 Å². The summed E-state index contributed by atoms with van der Waals surface area (Å²) >= 11 is 0.907. The molecule has 18 heavy (non-hydrogen) atoms. The minimum atomic E-state index is -1.05. The molecule has 94 valence electrons. The van der Waals surface area contributed by atoms with E-state index in [-0.39, 0.29) is 10.8 Å². The van der Waals surface area contributed by atoms with E-state index < -0.39 is 11.9 Å². The standard InChI is InChI=1S/C11H10N2O4S/c1-5-6(2)13-17-10(5)12-9(14)7-3-4-8(18-7)11(15)16/h3-4H,1-2H3,(H,12,14)(H,15,16). The number of anilines is 1. The molecule has 7 heteroatoms. The van der Waals surface area contributed by atoms with E-state index in [9.17, 15) is 9.59 Å². The van der Waals surface area contributed by atoms with Gasteiger partial charge < -0.3 is 9.63 Å². The number of carbonyl (C=O) groups excluding carboxylic acids is 1. The highest BCUT2D eigenvalue weighted by atomic mass is 32.1. The summed E-state index contributed by atoms with van der Waals surface area (Å²) < 4.78 is 4.95. The van der Waals surface area contributed by atoms with E-state index in [4.69, 9.17) is 9.63 Å². The number of carboxylic acids is 1. The first kappa shape index (κ1) is 12.3. The van der Waals surface area contributed by atoms with Crippen LogP contribution in [0.25, 0.3) is 0 Å². The molecule has 0 aliphatic heterocycles. The Labute approximate surface area is 106 Å². The van der Waals surface area contributed by atoms with E-state index >= 15 is 0 Å².